The van der Waals surface area contributed by atoms with Crippen LogP contribution in [-0.2, 0) is 5.41 Å². The summed E-state index contributed by atoms with van der Waals surface area (Å²) in [6.45, 7) is 1.76. The van der Waals surface area contributed by atoms with E-state index in [2.05, 4.69) is 21.5 Å². The average molecular weight is 351 g/mol. The van der Waals surface area contributed by atoms with E-state index < -0.39 is 11.4 Å². The molecule has 2 amide bonds. The summed E-state index contributed by atoms with van der Waals surface area (Å²) in [4.78, 5) is 16.0. The number of nitrogens with one attached hydrogen (secondary N) is 2. The minimum absolute atomic E-state index is 0.130. The van der Waals surface area contributed by atoms with Gasteiger partial charge >= 0.3 is 6.03 Å². The molecule has 0 spiro atoms. The summed E-state index contributed by atoms with van der Waals surface area (Å²) in [6, 6.07) is 6.54. The van der Waals surface area contributed by atoms with Crippen LogP contribution in [0.1, 0.15) is 19.6 Å². The van der Waals surface area contributed by atoms with Crippen LogP contribution in [0.15, 0.2) is 29.6 Å². The van der Waals surface area contributed by atoms with Crippen molar-refractivity contribution in [2.45, 2.75) is 12.3 Å². The third kappa shape index (κ3) is 4.02. The van der Waals surface area contributed by atoms with E-state index in [0.29, 0.717) is 10.7 Å². The average Bonchev–Trinajstić information content (AvgIpc) is 2.93. The van der Waals surface area contributed by atoms with Crippen LogP contribution in [0.3, 0.4) is 0 Å². The molecular weight excluding hydrogens is 334 g/mol. The summed E-state index contributed by atoms with van der Waals surface area (Å²) >= 11 is 6.93. The maximum Gasteiger partial charge on any atom is 0.321 e. The minimum atomic E-state index is -0.917. The van der Waals surface area contributed by atoms with Crippen molar-refractivity contribution in [1.29, 1.82) is 0 Å². The molecule has 1 aromatic heterocycles. The number of aliphatic hydroxyl groups excluding tert-OH is 1. The molecule has 0 aliphatic carbocycles. The van der Waals surface area contributed by atoms with E-state index in [9.17, 15) is 4.79 Å². The molecule has 0 saturated heterocycles. The number of terminal acetylenes is 1. The van der Waals surface area contributed by atoms with Gasteiger partial charge in [0.05, 0.1) is 19.1 Å². The molecule has 2 aromatic rings. The highest BCUT2D eigenvalue weighted by atomic mass is 35.5. The molecule has 1 aromatic carbocycles. The van der Waals surface area contributed by atoms with E-state index in [4.69, 9.17) is 24.5 Å². The second-order valence-electron chi connectivity index (χ2n) is 4.85. The topological polar surface area (TPSA) is 74.2 Å². The second-order valence-corrected chi connectivity index (χ2v) is 6.08. The summed E-state index contributed by atoms with van der Waals surface area (Å²) in [5.41, 5.74) is 0.249. The Morgan fingerprint density at radius 2 is 2.26 bits per heavy atom. The van der Waals surface area contributed by atoms with Crippen molar-refractivity contribution in [1.82, 2.24) is 10.3 Å². The molecule has 1 atom stereocenters. The number of urea groups is 1. The smallest absolute Gasteiger partial charge is 0.321 e. The van der Waals surface area contributed by atoms with Gasteiger partial charge in [-0.15, -0.1) is 17.8 Å². The summed E-state index contributed by atoms with van der Waals surface area (Å²) in [7, 11) is 0. The monoisotopic (exact) mass is 350 g/mol. The lowest BCUT2D eigenvalue weighted by atomic mass is 9.81. The molecule has 0 aliphatic rings. The Labute approximate surface area is 145 Å². The molecule has 120 valence electrons. The third-order valence-electron chi connectivity index (χ3n) is 3.26. The first-order valence-corrected chi connectivity index (χ1v) is 7.97. The van der Waals surface area contributed by atoms with Gasteiger partial charge in [0.1, 0.15) is 0 Å². The van der Waals surface area contributed by atoms with Crippen LogP contribution < -0.4 is 10.6 Å². The van der Waals surface area contributed by atoms with Crippen LogP contribution >= 0.6 is 22.9 Å². The zero-order valence-corrected chi connectivity index (χ0v) is 14.0. The van der Waals surface area contributed by atoms with E-state index >= 15 is 0 Å². The highest BCUT2D eigenvalue weighted by Crippen LogP contribution is 2.33. The summed E-state index contributed by atoms with van der Waals surface area (Å²) in [5, 5.41) is 14.7. The zero-order valence-electron chi connectivity index (χ0n) is 13.4. The van der Waals surface area contributed by atoms with Gasteiger partial charge in [-0.2, -0.15) is 0 Å². The van der Waals surface area contributed by atoms with Crippen molar-refractivity contribution in [3.8, 4) is 12.3 Å². The second kappa shape index (κ2) is 7.47. The zero-order chi connectivity index (χ0) is 17.7. The van der Waals surface area contributed by atoms with E-state index in [1.165, 1.54) is 0 Å². The number of aromatic nitrogens is 1. The van der Waals surface area contributed by atoms with Gasteiger partial charge in [0.25, 0.3) is 0 Å². The van der Waals surface area contributed by atoms with Crippen molar-refractivity contribution in [2.75, 3.05) is 18.5 Å². The molecule has 1 heterocycles. The summed E-state index contributed by atoms with van der Waals surface area (Å²) in [5.74, 6) is 2.69. The Morgan fingerprint density at radius 1 is 1.57 bits per heavy atom. The number of rotatable bonds is 5. The number of anilines is 1. The van der Waals surface area contributed by atoms with Gasteiger partial charge in [0, 0.05) is 16.9 Å². The Hall–Kier alpha value is -2.07. The number of halogens is 1. The minimum Gasteiger partial charge on any atom is -0.395 e. The first-order valence-electron chi connectivity index (χ1n) is 7.28. The predicted molar refractivity (Wildman–Crippen MR) is 93.0 cm³/mol. The number of thiazole rings is 1. The van der Waals surface area contributed by atoms with E-state index in [-0.39, 0.29) is 23.6 Å². The lowest BCUT2D eigenvalue weighted by Gasteiger charge is -2.22. The maximum absolute atomic E-state index is 11.6. The number of hydrogen-bond acceptors (Lipinski definition) is 4. The van der Waals surface area contributed by atoms with Crippen LogP contribution in [0, 0.1) is 12.3 Å². The molecule has 0 saturated carbocycles. The fourth-order valence-corrected chi connectivity index (χ4v) is 2.74. The van der Waals surface area contributed by atoms with E-state index in [1.807, 2.05) is 0 Å². The molecule has 2 rings (SSSR count). The molecule has 0 bridgehead atoms. The van der Waals surface area contributed by atoms with Crippen molar-refractivity contribution in [2.24, 2.45) is 0 Å². The van der Waals surface area contributed by atoms with Crippen molar-refractivity contribution in [3.05, 3.63) is 45.9 Å². The SMILES string of the molecule is [2H]c1sc(NC(=O)NCCO)nc1[C@@](C)(C#C)c1ccc(Cl)cc1. The Bertz CT molecular complexity index is 773. The molecule has 23 heavy (non-hydrogen) atoms. The molecule has 0 unspecified atom stereocenters. The molecule has 0 radical (unpaired) electrons. The number of amides is 2. The summed E-state index contributed by atoms with van der Waals surface area (Å²) < 4.78 is 8.15. The van der Waals surface area contributed by atoms with Crippen molar-refractivity contribution >= 4 is 34.1 Å². The number of hydrogen-bond donors (Lipinski definition) is 3. The van der Waals surface area contributed by atoms with Gasteiger partial charge in [0.15, 0.2) is 5.13 Å². The predicted octanol–water partition coefficient (Wildman–Crippen LogP) is 2.85. The fourth-order valence-electron chi connectivity index (χ4n) is 1.89. The molecule has 7 heteroatoms. The fraction of sp³-hybridized carbons (Fsp3) is 0.250. The van der Waals surface area contributed by atoms with Crippen LogP contribution in [0.5, 0.6) is 0 Å². The van der Waals surface area contributed by atoms with Crippen LogP contribution in [0.4, 0.5) is 9.93 Å². The number of benzene rings is 1. The largest absolute Gasteiger partial charge is 0.395 e. The van der Waals surface area contributed by atoms with Gasteiger partial charge in [-0.25, -0.2) is 9.78 Å². The van der Waals surface area contributed by atoms with Crippen LogP contribution in [-0.4, -0.2) is 29.3 Å². The quantitative estimate of drug-likeness (QED) is 0.726. The van der Waals surface area contributed by atoms with Crippen LogP contribution in [0.25, 0.3) is 0 Å². The lowest BCUT2D eigenvalue weighted by molar-refractivity contribution is 0.245. The first kappa shape index (κ1) is 15.8. The van der Waals surface area contributed by atoms with Gasteiger partial charge in [-0.1, -0.05) is 29.7 Å². The molecule has 5 nitrogen and oxygen atoms in total. The first-order chi connectivity index (χ1) is 11.4. The number of carbonyl (C=O) groups excluding carboxylic acids is 1. The number of aliphatic hydroxyl groups is 1. The molecule has 0 aliphatic heterocycles. The summed E-state index contributed by atoms with van der Waals surface area (Å²) in [6.07, 6.45) is 5.73. The number of nitrogens with zero attached hydrogens (tertiary/aromatic N) is 1. The highest BCUT2D eigenvalue weighted by molar-refractivity contribution is 7.14. The van der Waals surface area contributed by atoms with Gasteiger partial charge in [0.2, 0.25) is 0 Å². The van der Waals surface area contributed by atoms with Crippen molar-refractivity contribution in [3.63, 3.8) is 0 Å². The Balaban J connectivity index is 2.31. The third-order valence-corrected chi connectivity index (χ3v) is 4.19. The maximum atomic E-state index is 11.6. The van der Waals surface area contributed by atoms with E-state index in [0.717, 1.165) is 16.9 Å². The Morgan fingerprint density at radius 3 is 2.87 bits per heavy atom. The normalized spacial score (nSPS) is 13.6. The highest BCUT2D eigenvalue weighted by Gasteiger charge is 2.29. The molecule has 0 fully saturated rings. The number of carbonyl (C=O) groups is 1. The van der Waals surface area contributed by atoms with Gasteiger partial charge in [-0.3, -0.25) is 5.32 Å². The molecule has 3 N–H and O–H groups in total. The lowest BCUT2D eigenvalue weighted by Crippen LogP contribution is -2.31. The van der Waals surface area contributed by atoms with Gasteiger partial charge < -0.3 is 10.4 Å². The molecular formula is C16H16ClN3O2S. The standard InChI is InChI=1S/C16H16ClN3O2S/c1-3-16(2,11-4-6-12(17)7-5-11)13-10-23-15(19-13)20-14(22)18-8-9-21/h1,4-7,10,21H,8-9H2,2H3,(H2,18,19,20,22)/t16-/m0/s1/i10D. The van der Waals surface area contributed by atoms with Gasteiger partial charge in [-0.05, 0) is 24.6 Å². The Kier molecular flexibility index (Phi) is 5.13. The van der Waals surface area contributed by atoms with Crippen LogP contribution in [0.2, 0.25) is 5.02 Å². The van der Waals surface area contributed by atoms with Crippen molar-refractivity contribution < 1.29 is 11.3 Å². The van der Waals surface area contributed by atoms with E-state index in [1.54, 1.807) is 31.2 Å².